The van der Waals surface area contributed by atoms with Crippen molar-refractivity contribution >= 4 is 28.3 Å². The predicted molar refractivity (Wildman–Crippen MR) is 90.9 cm³/mol. The van der Waals surface area contributed by atoms with Crippen LogP contribution in [0.4, 0.5) is 4.39 Å². The molecule has 2 aromatic heterocycles. The molecule has 2 heterocycles. The van der Waals surface area contributed by atoms with Crippen LogP contribution in [-0.4, -0.2) is 38.0 Å². The maximum Gasteiger partial charge on any atom is 0.166 e. The second kappa shape index (κ2) is 6.52. The zero-order chi connectivity index (χ0) is 17.3. The van der Waals surface area contributed by atoms with Crippen molar-refractivity contribution in [3.63, 3.8) is 0 Å². The summed E-state index contributed by atoms with van der Waals surface area (Å²) in [6.45, 7) is 0.0604. The summed E-state index contributed by atoms with van der Waals surface area (Å²) in [5, 5.41) is 17.4. The van der Waals surface area contributed by atoms with E-state index in [1.807, 2.05) is 0 Å². The summed E-state index contributed by atoms with van der Waals surface area (Å²) >= 11 is 5.92. The first kappa shape index (κ1) is 16.3. The normalized spacial score (nSPS) is 12.1. The lowest BCUT2D eigenvalue weighted by atomic mass is 10.1. The van der Waals surface area contributed by atoms with Crippen LogP contribution >= 0.6 is 11.6 Å². The summed E-state index contributed by atoms with van der Waals surface area (Å²) in [5.41, 5.74) is 7.84. The molecular weight excluding hydrogens is 335 g/mol. The Morgan fingerprint density at radius 1 is 1.50 bits per heavy atom. The Balaban J connectivity index is 2.22. The largest absolute Gasteiger partial charge is 0.394 e. The number of hydrogen-bond donors (Lipinski definition) is 4. The maximum absolute atomic E-state index is 14.6. The number of hydrogen-bond acceptors (Lipinski definition) is 5. The average molecular weight is 351 g/mol. The molecule has 0 bridgehead atoms. The zero-order valence-electron chi connectivity index (χ0n) is 12.6. The van der Waals surface area contributed by atoms with E-state index in [2.05, 4.69) is 10.2 Å². The summed E-state index contributed by atoms with van der Waals surface area (Å²) in [6, 6.07) is 3.22. The summed E-state index contributed by atoms with van der Waals surface area (Å²) in [4.78, 5) is 0. The molecule has 0 radical (unpaired) electrons. The molecule has 0 amide bonds. The lowest BCUT2D eigenvalue weighted by Crippen LogP contribution is -2.29. The number of hydrazine groups is 1. The summed E-state index contributed by atoms with van der Waals surface area (Å²) in [6.07, 6.45) is 6.43. The lowest BCUT2D eigenvalue weighted by Gasteiger charge is -2.14. The van der Waals surface area contributed by atoms with Gasteiger partial charge in [0.1, 0.15) is 5.82 Å². The van der Waals surface area contributed by atoms with Gasteiger partial charge in [0, 0.05) is 28.9 Å². The Kier molecular flexibility index (Phi) is 4.43. The molecule has 0 atom stereocenters. The Labute approximate surface area is 141 Å². The highest BCUT2D eigenvalue weighted by molar-refractivity contribution is 6.31. The van der Waals surface area contributed by atoms with E-state index in [1.165, 1.54) is 21.8 Å². The number of nitrogens with one attached hydrogen (secondary N) is 1. The van der Waals surface area contributed by atoms with Crippen LogP contribution in [0.5, 0.6) is 0 Å². The second-order valence-electron chi connectivity index (χ2n) is 5.17. The number of aliphatic hydroxyl groups is 1. The Hall–Kier alpha value is -2.55. The molecule has 0 fully saturated rings. The van der Waals surface area contributed by atoms with Gasteiger partial charge in [-0.05, 0) is 6.07 Å². The molecule has 0 aliphatic rings. The third-order valence-electron chi connectivity index (χ3n) is 3.60. The second-order valence-corrected chi connectivity index (χ2v) is 5.58. The number of aromatic nitrogens is 3. The molecule has 0 aliphatic carbocycles. The van der Waals surface area contributed by atoms with Crippen LogP contribution in [0.2, 0.25) is 5.02 Å². The molecule has 0 unspecified atom stereocenters. The fourth-order valence-corrected chi connectivity index (χ4v) is 2.65. The average Bonchev–Trinajstić information content (AvgIpc) is 3.18. The molecule has 7 nitrogen and oxygen atoms in total. The smallest absolute Gasteiger partial charge is 0.166 e. The van der Waals surface area contributed by atoms with Crippen molar-refractivity contribution in [2.24, 2.45) is 11.6 Å². The van der Waals surface area contributed by atoms with Crippen molar-refractivity contribution < 1.29 is 9.50 Å². The van der Waals surface area contributed by atoms with Gasteiger partial charge >= 0.3 is 0 Å². The molecule has 3 rings (SSSR count). The minimum Gasteiger partial charge on any atom is -0.394 e. The molecule has 0 saturated carbocycles. The van der Waals surface area contributed by atoms with E-state index < -0.39 is 5.82 Å². The third kappa shape index (κ3) is 2.82. The standard InChI is InChI=1S/C15H16ClFN6O/c16-12-2-1-10-11(9-5-20-21-6-9)7-23(15(10)14(12)17)13(18)8-22(19)3-4-24/h1-2,5-8,24H,3-4,18-19H2,(H,20,21)/b13-8+. The minimum absolute atomic E-state index is 0.00615. The molecular formula is C15H16ClFN6O. The molecule has 24 heavy (non-hydrogen) atoms. The van der Waals surface area contributed by atoms with Crippen LogP contribution in [0.3, 0.4) is 0 Å². The van der Waals surface area contributed by atoms with Crippen molar-refractivity contribution in [1.29, 1.82) is 0 Å². The first-order chi connectivity index (χ1) is 11.5. The molecule has 3 aromatic rings. The number of fused-ring (bicyclic) bond motifs is 1. The molecule has 6 N–H and O–H groups in total. The molecule has 0 aliphatic heterocycles. The SMILES string of the molecule is N/C(=C\N(N)CCO)n1cc(-c2cn[nH]c2)c2ccc(Cl)c(F)c21. The van der Waals surface area contributed by atoms with E-state index in [9.17, 15) is 4.39 Å². The summed E-state index contributed by atoms with van der Waals surface area (Å²) in [5.74, 6) is 5.31. The summed E-state index contributed by atoms with van der Waals surface area (Å²) in [7, 11) is 0. The number of nitrogens with two attached hydrogens (primary N) is 2. The Morgan fingerprint density at radius 2 is 2.29 bits per heavy atom. The first-order valence-corrected chi connectivity index (χ1v) is 7.48. The van der Waals surface area contributed by atoms with Crippen molar-refractivity contribution in [3.05, 3.63) is 47.8 Å². The van der Waals surface area contributed by atoms with Crippen molar-refractivity contribution in [1.82, 2.24) is 19.8 Å². The first-order valence-electron chi connectivity index (χ1n) is 7.11. The number of rotatable bonds is 5. The van der Waals surface area contributed by atoms with Gasteiger partial charge in [0.05, 0.1) is 36.1 Å². The Morgan fingerprint density at radius 3 is 2.96 bits per heavy atom. The van der Waals surface area contributed by atoms with Crippen LogP contribution in [0.25, 0.3) is 27.9 Å². The maximum atomic E-state index is 14.6. The van der Waals surface area contributed by atoms with E-state index in [0.717, 1.165) is 11.1 Å². The van der Waals surface area contributed by atoms with Crippen LogP contribution in [-0.2, 0) is 0 Å². The van der Waals surface area contributed by atoms with Gasteiger partial charge in [-0.15, -0.1) is 0 Å². The molecule has 0 spiro atoms. The van der Waals surface area contributed by atoms with Gasteiger partial charge in [-0.3, -0.25) is 9.67 Å². The van der Waals surface area contributed by atoms with E-state index in [1.54, 1.807) is 24.7 Å². The van der Waals surface area contributed by atoms with Gasteiger partial charge in [0.2, 0.25) is 0 Å². The van der Waals surface area contributed by atoms with Crippen molar-refractivity contribution in [3.8, 4) is 11.1 Å². The number of nitrogens with zero attached hydrogens (tertiary/aromatic N) is 3. The van der Waals surface area contributed by atoms with Crippen molar-refractivity contribution in [2.45, 2.75) is 0 Å². The van der Waals surface area contributed by atoms with Gasteiger partial charge in [0.25, 0.3) is 0 Å². The van der Waals surface area contributed by atoms with E-state index >= 15 is 0 Å². The summed E-state index contributed by atoms with van der Waals surface area (Å²) < 4.78 is 16.1. The van der Waals surface area contributed by atoms with Gasteiger partial charge in [0.15, 0.2) is 5.82 Å². The number of benzene rings is 1. The number of H-pyrrole nitrogens is 1. The number of aromatic amines is 1. The third-order valence-corrected chi connectivity index (χ3v) is 3.89. The lowest BCUT2D eigenvalue weighted by molar-refractivity contribution is 0.239. The fourth-order valence-electron chi connectivity index (χ4n) is 2.50. The van der Waals surface area contributed by atoms with Crippen LogP contribution in [0.15, 0.2) is 36.9 Å². The minimum atomic E-state index is -0.578. The predicted octanol–water partition coefficient (Wildman–Crippen LogP) is 1.71. The van der Waals surface area contributed by atoms with E-state index in [4.69, 9.17) is 28.3 Å². The fraction of sp³-hybridized carbons (Fsp3) is 0.133. The molecule has 1 aromatic carbocycles. The topological polar surface area (TPSA) is 109 Å². The highest BCUT2D eigenvalue weighted by Crippen LogP contribution is 2.35. The molecule has 126 valence electrons. The Bertz CT molecular complexity index is 889. The van der Waals surface area contributed by atoms with Gasteiger partial charge in [-0.2, -0.15) is 5.10 Å². The van der Waals surface area contributed by atoms with Crippen LogP contribution in [0.1, 0.15) is 0 Å². The zero-order valence-corrected chi connectivity index (χ0v) is 13.3. The monoisotopic (exact) mass is 350 g/mol. The van der Waals surface area contributed by atoms with E-state index in [0.29, 0.717) is 5.39 Å². The highest BCUT2D eigenvalue weighted by Gasteiger charge is 2.18. The van der Waals surface area contributed by atoms with Crippen molar-refractivity contribution in [2.75, 3.05) is 13.2 Å². The number of halogens is 2. The van der Waals surface area contributed by atoms with E-state index in [-0.39, 0.29) is 29.5 Å². The van der Waals surface area contributed by atoms with Gasteiger partial charge in [-0.25, -0.2) is 10.2 Å². The van der Waals surface area contributed by atoms with Gasteiger partial charge < -0.3 is 15.8 Å². The van der Waals surface area contributed by atoms with Gasteiger partial charge in [-0.1, -0.05) is 17.7 Å². The molecule has 9 heteroatoms. The number of aliphatic hydroxyl groups excluding tert-OH is 1. The molecule has 0 saturated heterocycles. The highest BCUT2D eigenvalue weighted by atomic mass is 35.5. The quantitative estimate of drug-likeness (QED) is 0.413. The van der Waals surface area contributed by atoms with Crippen LogP contribution < -0.4 is 11.6 Å². The van der Waals surface area contributed by atoms with Crippen LogP contribution in [0, 0.1) is 5.82 Å².